The molecule has 3 rings (SSSR count). The molecule has 1 aromatic heterocycles. The Bertz CT molecular complexity index is 882. The molecule has 1 N–H and O–H groups in total. The van der Waals surface area contributed by atoms with Gasteiger partial charge in [-0.1, -0.05) is 43.0 Å². The average Bonchev–Trinajstić information content (AvgIpc) is 3.07. The number of imidazole rings is 1. The minimum Gasteiger partial charge on any atom is -0.489 e. The van der Waals surface area contributed by atoms with E-state index < -0.39 is 0 Å². The molecule has 4 heteroatoms. The van der Waals surface area contributed by atoms with Crippen molar-refractivity contribution in [1.82, 2.24) is 14.9 Å². The summed E-state index contributed by atoms with van der Waals surface area (Å²) < 4.78 is 7.96. The number of hydrogen-bond donors (Lipinski definition) is 1. The topological polar surface area (TPSA) is 39.1 Å². The molecule has 0 bridgehead atoms. The molecule has 0 saturated heterocycles. The fraction of sp³-hybridized carbons (Fsp3) is 0.227. The van der Waals surface area contributed by atoms with Crippen molar-refractivity contribution in [3.63, 3.8) is 0 Å². The molecule has 3 aromatic rings. The second-order valence-electron chi connectivity index (χ2n) is 6.43. The summed E-state index contributed by atoms with van der Waals surface area (Å²) >= 11 is 0. The zero-order valence-electron chi connectivity index (χ0n) is 15.4. The van der Waals surface area contributed by atoms with Crippen LogP contribution in [0.2, 0.25) is 0 Å². The van der Waals surface area contributed by atoms with Gasteiger partial charge in [0.2, 0.25) is 0 Å². The SMILES string of the molecule is C=C(C)COc1ccccc1CNCc1ccccc1-n1ccnc1C. The molecule has 4 nitrogen and oxygen atoms in total. The van der Waals surface area contributed by atoms with Gasteiger partial charge < -0.3 is 14.6 Å². The summed E-state index contributed by atoms with van der Waals surface area (Å²) in [4.78, 5) is 4.33. The van der Waals surface area contributed by atoms with E-state index in [1.165, 1.54) is 5.56 Å². The van der Waals surface area contributed by atoms with Crippen LogP contribution in [0.15, 0.2) is 73.1 Å². The van der Waals surface area contributed by atoms with E-state index in [1.54, 1.807) is 0 Å². The summed E-state index contributed by atoms with van der Waals surface area (Å²) in [6, 6.07) is 16.5. The molecule has 2 aromatic carbocycles. The van der Waals surface area contributed by atoms with Crippen molar-refractivity contribution in [2.45, 2.75) is 26.9 Å². The lowest BCUT2D eigenvalue weighted by Gasteiger charge is -2.14. The number of nitrogens with zero attached hydrogens (tertiary/aromatic N) is 2. The maximum atomic E-state index is 5.85. The van der Waals surface area contributed by atoms with E-state index >= 15 is 0 Å². The fourth-order valence-electron chi connectivity index (χ4n) is 2.85. The van der Waals surface area contributed by atoms with Gasteiger partial charge in [-0.15, -0.1) is 0 Å². The molecule has 0 fully saturated rings. The largest absolute Gasteiger partial charge is 0.489 e. The van der Waals surface area contributed by atoms with Crippen LogP contribution in [0.5, 0.6) is 5.75 Å². The molecule has 0 saturated carbocycles. The van der Waals surface area contributed by atoms with Gasteiger partial charge >= 0.3 is 0 Å². The molecule has 0 amide bonds. The van der Waals surface area contributed by atoms with Crippen molar-refractivity contribution in [2.24, 2.45) is 0 Å². The van der Waals surface area contributed by atoms with Crippen LogP contribution in [0.3, 0.4) is 0 Å². The van der Waals surface area contributed by atoms with Gasteiger partial charge in [0, 0.05) is 31.0 Å². The molecule has 0 radical (unpaired) electrons. The van der Waals surface area contributed by atoms with E-state index in [2.05, 4.69) is 51.8 Å². The Balaban J connectivity index is 1.68. The first-order valence-electron chi connectivity index (χ1n) is 8.79. The van der Waals surface area contributed by atoms with Crippen LogP contribution in [0.4, 0.5) is 0 Å². The smallest absolute Gasteiger partial charge is 0.124 e. The molecule has 1 heterocycles. The number of para-hydroxylation sites is 2. The van der Waals surface area contributed by atoms with Crippen molar-refractivity contribution in [2.75, 3.05) is 6.61 Å². The lowest BCUT2D eigenvalue weighted by Crippen LogP contribution is -2.15. The molecule has 0 unspecified atom stereocenters. The van der Waals surface area contributed by atoms with Crippen molar-refractivity contribution < 1.29 is 4.74 Å². The van der Waals surface area contributed by atoms with E-state index in [1.807, 2.05) is 44.4 Å². The second kappa shape index (κ2) is 8.50. The summed E-state index contributed by atoms with van der Waals surface area (Å²) in [5, 5.41) is 3.53. The molecule has 26 heavy (non-hydrogen) atoms. The quantitative estimate of drug-likeness (QED) is 0.613. The third-order valence-electron chi connectivity index (χ3n) is 4.15. The number of ether oxygens (including phenoxy) is 1. The Morgan fingerprint density at radius 3 is 2.50 bits per heavy atom. The number of nitrogens with one attached hydrogen (secondary N) is 1. The molecular formula is C22H25N3O. The normalized spacial score (nSPS) is 10.7. The first-order chi connectivity index (χ1) is 12.6. The highest BCUT2D eigenvalue weighted by Gasteiger charge is 2.07. The van der Waals surface area contributed by atoms with Crippen LogP contribution in [0.1, 0.15) is 23.9 Å². The highest BCUT2D eigenvalue weighted by Crippen LogP contribution is 2.20. The van der Waals surface area contributed by atoms with Crippen LogP contribution in [-0.4, -0.2) is 16.2 Å². The zero-order chi connectivity index (χ0) is 18.4. The van der Waals surface area contributed by atoms with Crippen LogP contribution < -0.4 is 10.1 Å². The second-order valence-corrected chi connectivity index (χ2v) is 6.43. The van der Waals surface area contributed by atoms with Gasteiger partial charge in [-0.25, -0.2) is 4.98 Å². The maximum Gasteiger partial charge on any atom is 0.124 e. The lowest BCUT2D eigenvalue weighted by atomic mass is 10.1. The van der Waals surface area contributed by atoms with Gasteiger partial charge in [-0.3, -0.25) is 0 Å². The highest BCUT2D eigenvalue weighted by atomic mass is 16.5. The predicted octanol–water partition coefficient (Wildman–Crippen LogP) is 4.43. The Morgan fingerprint density at radius 2 is 1.77 bits per heavy atom. The van der Waals surface area contributed by atoms with Gasteiger partial charge in [0.15, 0.2) is 0 Å². The Kier molecular flexibility index (Phi) is 5.87. The van der Waals surface area contributed by atoms with Crippen LogP contribution >= 0.6 is 0 Å². The van der Waals surface area contributed by atoms with Crippen molar-refractivity contribution >= 4 is 0 Å². The van der Waals surface area contributed by atoms with Crippen LogP contribution in [-0.2, 0) is 13.1 Å². The number of aromatic nitrogens is 2. The summed E-state index contributed by atoms with van der Waals surface area (Å²) in [6.45, 7) is 9.92. The average molecular weight is 347 g/mol. The van der Waals surface area contributed by atoms with Gasteiger partial charge in [0.05, 0.1) is 5.69 Å². The summed E-state index contributed by atoms with van der Waals surface area (Å²) in [6.07, 6.45) is 3.82. The monoisotopic (exact) mass is 347 g/mol. The fourth-order valence-corrected chi connectivity index (χ4v) is 2.85. The van der Waals surface area contributed by atoms with Crippen LogP contribution in [0.25, 0.3) is 5.69 Å². The van der Waals surface area contributed by atoms with Crippen molar-refractivity contribution in [1.29, 1.82) is 0 Å². The van der Waals surface area contributed by atoms with E-state index in [0.29, 0.717) is 6.61 Å². The molecule has 134 valence electrons. The van der Waals surface area contributed by atoms with Gasteiger partial charge in [0.1, 0.15) is 18.2 Å². The minimum absolute atomic E-state index is 0.541. The Morgan fingerprint density at radius 1 is 1.08 bits per heavy atom. The Labute approximate surface area is 155 Å². The third-order valence-corrected chi connectivity index (χ3v) is 4.15. The van der Waals surface area contributed by atoms with Crippen LogP contribution in [0, 0.1) is 6.92 Å². The van der Waals surface area contributed by atoms with Gasteiger partial charge in [0.25, 0.3) is 0 Å². The predicted molar refractivity (Wildman–Crippen MR) is 106 cm³/mol. The highest BCUT2D eigenvalue weighted by molar-refractivity contribution is 5.42. The molecule has 0 spiro atoms. The number of hydrogen-bond acceptors (Lipinski definition) is 3. The maximum absolute atomic E-state index is 5.85. The zero-order valence-corrected chi connectivity index (χ0v) is 15.4. The van der Waals surface area contributed by atoms with E-state index in [0.717, 1.165) is 41.5 Å². The molecule has 0 aliphatic rings. The number of aryl methyl sites for hydroxylation is 1. The number of benzene rings is 2. The van der Waals surface area contributed by atoms with Crippen molar-refractivity contribution in [3.8, 4) is 11.4 Å². The van der Waals surface area contributed by atoms with E-state index in [4.69, 9.17) is 4.74 Å². The number of rotatable bonds is 8. The first-order valence-corrected chi connectivity index (χ1v) is 8.79. The molecule has 0 aliphatic heterocycles. The minimum atomic E-state index is 0.541. The first kappa shape index (κ1) is 18.0. The summed E-state index contributed by atoms with van der Waals surface area (Å²) in [5.74, 6) is 1.89. The van der Waals surface area contributed by atoms with Crippen molar-refractivity contribution in [3.05, 3.63) is 90.0 Å². The summed E-state index contributed by atoms with van der Waals surface area (Å²) in [5.41, 5.74) is 4.54. The standard InChI is InChI=1S/C22H25N3O/c1-17(2)16-26-22-11-7-5-9-20(22)15-23-14-19-8-4-6-10-21(19)25-13-12-24-18(25)3/h4-13,23H,1,14-16H2,2-3H3. The molecule has 0 atom stereocenters. The summed E-state index contributed by atoms with van der Waals surface area (Å²) in [7, 11) is 0. The lowest BCUT2D eigenvalue weighted by molar-refractivity contribution is 0.347. The molecule has 0 aliphatic carbocycles. The van der Waals surface area contributed by atoms with Gasteiger partial charge in [-0.05, 0) is 37.1 Å². The molecular weight excluding hydrogens is 322 g/mol. The van der Waals surface area contributed by atoms with Gasteiger partial charge in [-0.2, -0.15) is 0 Å². The van der Waals surface area contributed by atoms with E-state index in [-0.39, 0.29) is 0 Å². The van der Waals surface area contributed by atoms with E-state index in [9.17, 15) is 0 Å². The Hall–Kier alpha value is -2.85. The third kappa shape index (κ3) is 4.41.